The predicted octanol–water partition coefficient (Wildman–Crippen LogP) is 3.32. The number of thiophene rings is 1. The van der Waals surface area contributed by atoms with Gasteiger partial charge in [0.05, 0.1) is 25.8 Å². The van der Waals surface area contributed by atoms with Gasteiger partial charge in [0.25, 0.3) is 0 Å². The number of hydrogen-bond acceptors (Lipinski definition) is 4. The first-order valence-corrected chi connectivity index (χ1v) is 11.0. The van der Waals surface area contributed by atoms with Crippen molar-refractivity contribution in [1.82, 2.24) is 15.5 Å². The molecule has 1 aliphatic heterocycles. The fourth-order valence-corrected chi connectivity index (χ4v) is 4.85. The molecule has 0 aromatic carbocycles. The highest BCUT2D eigenvalue weighted by Gasteiger charge is 2.24. The Morgan fingerprint density at radius 3 is 2.69 bits per heavy atom. The zero-order valence-corrected chi connectivity index (χ0v) is 17.1. The molecule has 2 fully saturated rings. The number of ether oxygens (including phenoxy) is 1. The number of rotatable bonds is 6. The van der Waals surface area contributed by atoms with E-state index in [4.69, 9.17) is 9.73 Å². The molecule has 1 aromatic rings. The Hall–Kier alpha value is -1.11. The second kappa shape index (κ2) is 10.3. The number of aliphatic imine (C=N–C) groups is 1. The van der Waals surface area contributed by atoms with E-state index in [-0.39, 0.29) is 0 Å². The van der Waals surface area contributed by atoms with Crippen LogP contribution < -0.4 is 10.6 Å². The van der Waals surface area contributed by atoms with E-state index in [1.807, 2.05) is 11.3 Å². The van der Waals surface area contributed by atoms with E-state index in [9.17, 15) is 0 Å². The van der Waals surface area contributed by atoms with Crippen LogP contribution in [0.3, 0.4) is 0 Å². The third-order valence-electron chi connectivity index (χ3n) is 5.29. The summed E-state index contributed by atoms with van der Waals surface area (Å²) in [4.78, 5) is 10.3. The van der Waals surface area contributed by atoms with Gasteiger partial charge in [0.2, 0.25) is 0 Å². The minimum Gasteiger partial charge on any atom is -0.379 e. The van der Waals surface area contributed by atoms with Crippen LogP contribution in [-0.2, 0) is 4.74 Å². The molecule has 0 bridgehead atoms. The molecule has 6 heteroatoms. The van der Waals surface area contributed by atoms with Crippen LogP contribution >= 0.6 is 11.3 Å². The predicted molar refractivity (Wildman–Crippen MR) is 110 cm³/mol. The third-order valence-corrected chi connectivity index (χ3v) is 6.39. The molecule has 2 heterocycles. The minimum absolute atomic E-state index is 0.347. The lowest BCUT2D eigenvalue weighted by Gasteiger charge is -2.33. The maximum Gasteiger partial charge on any atom is 0.191 e. The summed E-state index contributed by atoms with van der Waals surface area (Å²) in [5.74, 6) is 0.978. The summed E-state index contributed by atoms with van der Waals surface area (Å²) in [6.07, 6.45) is 6.58. The van der Waals surface area contributed by atoms with Gasteiger partial charge < -0.3 is 15.4 Å². The van der Waals surface area contributed by atoms with Crippen LogP contribution in [0, 0.1) is 6.92 Å². The van der Waals surface area contributed by atoms with E-state index in [0.29, 0.717) is 12.1 Å². The van der Waals surface area contributed by atoms with Crippen LogP contribution in [0.5, 0.6) is 0 Å². The van der Waals surface area contributed by atoms with Gasteiger partial charge in [-0.05, 0) is 38.8 Å². The number of aryl methyl sites for hydroxylation is 1. The average Bonchev–Trinajstić information content (AvgIpc) is 3.10. The largest absolute Gasteiger partial charge is 0.379 e. The molecule has 3 rings (SSSR count). The molecule has 0 amide bonds. The van der Waals surface area contributed by atoms with Crippen molar-refractivity contribution in [2.75, 3.05) is 39.4 Å². The standard InChI is InChI=1S/C20H34N4OS/c1-3-21-20(23-17-7-5-4-6-8-17)22-15-18(19-10-9-16(2)26-19)24-11-13-25-14-12-24/h9-10,17-18H,3-8,11-15H2,1-2H3,(H2,21,22,23). The van der Waals surface area contributed by atoms with E-state index >= 15 is 0 Å². The molecular formula is C20H34N4OS. The number of nitrogens with one attached hydrogen (secondary N) is 2. The summed E-state index contributed by atoms with van der Waals surface area (Å²) in [5, 5.41) is 7.11. The van der Waals surface area contributed by atoms with Gasteiger partial charge in [-0.3, -0.25) is 9.89 Å². The van der Waals surface area contributed by atoms with Crippen LogP contribution in [0.4, 0.5) is 0 Å². The van der Waals surface area contributed by atoms with Gasteiger partial charge in [-0.25, -0.2) is 0 Å². The quantitative estimate of drug-likeness (QED) is 0.589. The summed E-state index contributed by atoms with van der Waals surface area (Å²) in [5.41, 5.74) is 0. The monoisotopic (exact) mass is 378 g/mol. The van der Waals surface area contributed by atoms with E-state index < -0.39 is 0 Å². The Morgan fingerprint density at radius 2 is 2.04 bits per heavy atom. The average molecular weight is 379 g/mol. The van der Waals surface area contributed by atoms with Crippen molar-refractivity contribution < 1.29 is 4.74 Å². The zero-order chi connectivity index (χ0) is 18.2. The molecule has 0 spiro atoms. The van der Waals surface area contributed by atoms with Gasteiger partial charge in [-0.1, -0.05) is 19.3 Å². The number of nitrogens with zero attached hydrogens (tertiary/aromatic N) is 2. The van der Waals surface area contributed by atoms with Gasteiger partial charge in [0.1, 0.15) is 0 Å². The Morgan fingerprint density at radius 1 is 1.27 bits per heavy atom. The first-order chi connectivity index (χ1) is 12.8. The molecule has 1 saturated carbocycles. The van der Waals surface area contributed by atoms with Crippen molar-refractivity contribution in [3.8, 4) is 0 Å². The number of morpholine rings is 1. The fraction of sp³-hybridized carbons (Fsp3) is 0.750. The van der Waals surface area contributed by atoms with Gasteiger partial charge in [0.15, 0.2) is 5.96 Å². The van der Waals surface area contributed by atoms with Gasteiger partial charge in [0, 0.05) is 35.4 Å². The molecule has 1 aliphatic carbocycles. The highest BCUT2D eigenvalue weighted by Crippen LogP contribution is 2.28. The van der Waals surface area contributed by atoms with Crippen molar-refractivity contribution in [3.05, 3.63) is 21.9 Å². The Kier molecular flexibility index (Phi) is 7.77. The Bertz CT molecular complexity index is 562. The maximum atomic E-state index is 5.56. The Labute approximate surface area is 162 Å². The molecular weight excluding hydrogens is 344 g/mol. The second-order valence-corrected chi connectivity index (χ2v) is 8.63. The topological polar surface area (TPSA) is 48.9 Å². The molecule has 26 heavy (non-hydrogen) atoms. The molecule has 1 saturated heterocycles. The molecule has 1 aromatic heterocycles. The second-order valence-electron chi connectivity index (χ2n) is 7.31. The van der Waals surface area contributed by atoms with Crippen molar-refractivity contribution in [2.24, 2.45) is 4.99 Å². The smallest absolute Gasteiger partial charge is 0.191 e. The molecule has 0 radical (unpaired) electrons. The summed E-state index contributed by atoms with van der Waals surface area (Å²) < 4.78 is 5.56. The highest BCUT2D eigenvalue weighted by atomic mass is 32.1. The molecule has 1 unspecified atom stereocenters. The van der Waals surface area contributed by atoms with Crippen molar-refractivity contribution >= 4 is 17.3 Å². The van der Waals surface area contributed by atoms with Crippen LogP contribution in [0.15, 0.2) is 17.1 Å². The van der Waals surface area contributed by atoms with E-state index in [1.165, 1.54) is 41.9 Å². The maximum absolute atomic E-state index is 5.56. The van der Waals surface area contributed by atoms with E-state index in [2.05, 4.69) is 41.5 Å². The van der Waals surface area contributed by atoms with E-state index in [1.54, 1.807) is 0 Å². The number of hydrogen-bond donors (Lipinski definition) is 2. The van der Waals surface area contributed by atoms with Crippen LogP contribution in [0.2, 0.25) is 0 Å². The van der Waals surface area contributed by atoms with Crippen molar-refractivity contribution in [1.29, 1.82) is 0 Å². The first-order valence-electron chi connectivity index (χ1n) is 10.2. The van der Waals surface area contributed by atoms with Crippen LogP contribution in [-0.4, -0.2) is 56.3 Å². The Balaban J connectivity index is 1.69. The third kappa shape index (κ3) is 5.69. The van der Waals surface area contributed by atoms with E-state index in [0.717, 1.165) is 45.4 Å². The van der Waals surface area contributed by atoms with Gasteiger partial charge in [-0.15, -0.1) is 11.3 Å². The molecule has 2 aliphatic rings. The highest BCUT2D eigenvalue weighted by molar-refractivity contribution is 7.12. The minimum atomic E-state index is 0.347. The summed E-state index contributed by atoms with van der Waals surface area (Å²) in [6, 6.07) is 5.42. The fourth-order valence-electron chi connectivity index (χ4n) is 3.85. The first kappa shape index (κ1) is 19.6. The van der Waals surface area contributed by atoms with Crippen molar-refractivity contribution in [2.45, 2.75) is 58.0 Å². The van der Waals surface area contributed by atoms with Gasteiger partial charge >= 0.3 is 0 Å². The lowest BCUT2D eigenvalue weighted by Crippen LogP contribution is -2.45. The summed E-state index contributed by atoms with van der Waals surface area (Å²) >= 11 is 1.90. The normalized spacial score (nSPS) is 21.5. The number of guanidine groups is 1. The van der Waals surface area contributed by atoms with Gasteiger partial charge in [-0.2, -0.15) is 0 Å². The lowest BCUT2D eigenvalue weighted by molar-refractivity contribution is 0.0186. The summed E-state index contributed by atoms with van der Waals surface area (Å²) in [7, 11) is 0. The van der Waals surface area contributed by atoms with Crippen LogP contribution in [0.25, 0.3) is 0 Å². The summed E-state index contributed by atoms with van der Waals surface area (Å²) in [6.45, 7) is 9.65. The molecule has 2 N–H and O–H groups in total. The molecule has 5 nitrogen and oxygen atoms in total. The molecule has 1 atom stereocenters. The van der Waals surface area contributed by atoms with Crippen molar-refractivity contribution in [3.63, 3.8) is 0 Å². The zero-order valence-electron chi connectivity index (χ0n) is 16.3. The molecule has 146 valence electrons. The SMILES string of the molecule is CCNC(=NCC(c1ccc(C)s1)N1CCOCC1)NC1CCCCC1. The van der Waals surface area contributed by atoms with Crippen LogP contribution in [0.1, 0.15) is 54.8 Å². The lowest BCUT2D eigenvalue weighted by atomic mass is 9.96.